The van der Waals surface area contributed by atoms with E-state index in [1.165, 1.54) is 0 Å². The predicted octanol–water partition coefficient (Wildman–Crippen LogP) is 0.778. The van der Waals surface area contributed by atoms with Crippen LogP contribution in [-0.4, -0.2) is 19.3 Å². The van der Waals surface area contributed by atoms with Crippen molar-refractivity contribution in [2.24, 2.45) is 0 Å². The fraction of sp³-hybridized carbons (Fsp3) is 0.125. The molecule has 1 aromatic carbocycles. The van der Waals surface area contributed by atoms with Crippen molar-refractivity contribution >= 4 is 21.8 Å². The second kappa shape index (κ2) is 4.89. The van der Waals surface area contributed by atoms with Gasteiger partial charge in [0.25, 0.3) is 5.69 Å². The molecule has 8 nitrogen and oxygen atoms in total. The van der Waals surface area contributed by atoms with Crippen molar-refractivity contribution in [2.75, 3.05) is 0 Å². The highest BCUT2D eigenvalue weighted by Crippen LogP contribution is 2.17. The Balaban J connectivity index is 2.92. The van der Waals surface area contributed by atoms with Crippen LogP contribution in [0.25, 0.3) is 0 Å². The number of carbonyl (C=O) groups excluding carboxylic acids is 1. The molecular formula is C8H7NO7S. The maximum Gasteiger partial charge on any atom is 0.340 e. The zero-order valence-corrected chi connectivity index (χ0v) is 9.34. The fourth-order valence-electron chi connectivity index (χ4n) is 0.867. The number of carbonyl (C=O) groups is 1. The maximum absolute atomic E-state index is 11.3. The number of nitro groups is 1. The number of benzene rings is 1. The number of nitro benzene ring substituents is 1. The summed E-state index contributed by atoms with van der Waals surface area (Å²) in [5.74, 6) is -0.935. The molecule has 92 valence electrons. The summed E-state index contributed by atoms with van der Waals surface area (Å²) in [6, 6.07) is 3.92. The Morgan fingerprint density at radius 1 is 1.29 bits per heavy atom. The maximum atomic E-state index is 11.3. The Bertz CT molecular complexity index is 533. The largest absolute Gasteiger partial charge is 0.340 e. The van der Waals surface area contributed by atoms with Gasteiger partial charge in [0.1, 0.15) is 0 Å². The number of rotatable bonds is 4. The van der Waals surface area contributed by atoms with Gasteiger partial charge in [0.15, 0.2) is 0 Å². The Kier molecular flexibility index (Phi) is 3.76. The molecule has 17 heavy (non-hydrogen) atoms. The average Bonchev–Trinajstić information content (AvgIpc) is 2.27. The van der Waals surface area contributed by atoms with Gasteiger partial charge in [-0.05, 0) is 16.5 Å². The van der Waals surface area contributed by atoms with Crippen LogP contribution >= 0.6 is 0 Å². The highest BCUT2D eigenvalue weighted by molar-refractivity contribution is 7.86. The second-order valence-corrected chi connectivity index (χ2v) is 4.36. The standard InChI is InChI=1S/C8H7NO7S/c1-6(10)15-16-17(13,14)8-4-2-7(3-5-8)9(11)12/h2-5H,1H3. The minimum Gasteiger partial charge on any atom is -0.282 e. The van der Waals surface area contributed by atoms with Gasteiger partial charge in [0.05, 0.1) is 9.82 Å². The lowest BCUT2D eigenvalue weighted by atomic mass is 10.3. The SMILES string of the molecule is CC(=O)OOS(=O)(=O)c1ccc([N+](=O)[O-])cc1. The summed E-state index contributed by atoms with van der Waals surface area (Å²) in [5.41, 5.74) is -0.267. The summed E-state index contributed by atoms with van der Waals surface area (Å²) < 4.78 is 26.6. The van der Waals surface area contributed by atoms with Crippen molar-refractivity contribution in [3.63, 3.8) is 0 Å². The molecule has 0 aliphatic rings. The lowest BCUT2D eigenvalue weighted by molar-refractivity contribution is -0.384. The highest BCUT2D eigenvalue weighted by Gasteiger charge is 2.19. The lowest BCUT2D eigenvalue weighted by Crippen LogP contribution is -2.09. The van der Waals surface area contributed by atoms with E-state index < -0.39 is 21.0 Å². The van der Waals surface area contributed by atoms with Crippen LogP contribution in [0.15, 0.2) is 29.2 Å². The molecule has 0 saturated carbocycles. The Morgan fingerprint density at radius 2 is 1.82 bits per heavy atom. The summed E-state index contributed by atoms with van der Waals surface area (Å²) in [5, 5.41) is 10.3. The lowest BCUT2D eigenvalue weighted by Gasteiger charge is -2.02. The van der Waals surface area contributed by atoms with Gasteiger partial charge in [0, 0.05) is 19.1 Å². The highest BCUT2D eigenvalue weighted by atomic mass is 32.2. The van der Waals surface area contributed by atoms with Gasteiger partial charge in [-0.15, -0.1) is 0 Å². The molecule has 0 aromatic heterocycles. The molecular weight excluding hydrogens is 254 g/mol. The van der Waals surface area contributed by atoms with E-state index in [-0.39, 0.29) is 10.6 Å². The molecule has 0 unspecified atom stereocenters. The minimum absolute atomic E-state index is 0.267. The first-order valence-corrected chi connectivity index (χ1v) is 5.60. The van der Waals surface area contributed by atoms with Crippen LogP contribution in [0.1, 0.15) is 6.92 Å². The zero-order chi connectivity index (χ0) is 13.1. The van der Waals surface area contributed by atoms with E-state index >= 15 is 0 Å². The first kappa shape index (κ1) is 13.1. The first-order valence-electron chi connectivity index (χ1n) is 4.19. The fourth-order valence-corrected chi connectivity index (χ4v) is 1.60. The van der Waals surface area contributed by atoms with Crippen LogP contribution in [0.4, 0.5) is 5.69 Å². The molecule has 0 aliphatic heterocycles. The van der Waals surface area contributed by atoms with E-state index in [1.54, 1.807) is 0 Å². The van der Waals surface area contributed by atoms with Gasteiger partial charge in [-0.3, -0.25) is 15.0 Å². The topological polar surface area (TPSA) is 113 Å². The smallest absolute Gasteiger partial charge is 0.282 e. The second-order valence-electron chi connectivity index (χ2n) is 2.85. The van der Waals surface area contributed by atoms with Gasteiger partial charge in [-0.25, -0.2) is 4.79 Å². The van der Waals surface area contributed by atoms with Crippen molar-refractivity contribution in [3.8, 4) is 0 Å². The molecule has 0 heterocycles. The van der Waals surface area contributed by atoms with E-state index in [2.05, 4.69) is 9.22 Å². The molecule has 0 fully saturated rings. The molecule has 0 radical (unpaired) electrons. The van der Waals surface area contributed by atoms with E-state index in [4.69, 9.17) is 0 Å². The minimum atomic E-state index is -4.26. The quantitative estimate of drug-likeness (QED) is 0.447. The predicted molar refractivity (Wildman–Crippen MR) is 53.1 cm³/mol. The van der Waals surface area contributed by atoms with Crippen LogP contribution < -0.4 is 0 Å². The monoisotopic (exact) mass is 261 g/mol. The van der Waals surface area contributed by atoms with Gasteiger partial charge in [-0.1, -0.05) is 0 Å². The molecule has 0 aliphatic carbocycles. The number of nitrogens with zero attached hydrogens (tertiary/aromatic N) is 1. The molecule has 0 bridgehead atoms. The summed E-state index contributed by atoms with van der Waals surface area (Å²) in [4.78, 5) is 23.5. The van der Waals surface area contributed by atoms with Crippen LogP contribution in [0, 0.1) is 10.1 Å². The molecule has 0 spiro atoms. The summed E-state index contributed by atoms with van der Waals surface area (Å²) in [6.45, 7) is 0.964. The van der Waals surface area contributed by atoms with Crippen LogP contribution in [0.3, 0.4) is 0 Å². The van der Waals surface area contributed by atoms with E-state index in [9.17, 15) is 23.3 Å². The summed E-state index contributed by atoms with van der Waals surface area (Å²) in [6.07, 6.45) is 0. The van der Waals surface area contributed by atoms with Crippen LogP contribution in [0.5, 0.6) is 0 Å². The van der Waals surface area contributed by atoms with Crippen molar-refractivity contribution in [1.82, 2.24) is 0 Å². The van der Waals surface area contributed by atoms with Crippen molar-refractivity contribution in [1.29, 1.82) is 0 Å². The molecule has 0 saturated heterocycles. The average molecular weight is 261 g/mol. The first-order chi connectivity index (χ1) is 7.83. The Hall–Kier alpha value is -2.00. The number of non-ortho nitro benzene ring substituents is 1. The van der Waals surface area contributed by atoms with E-state index in [0.717, 1.165) is 31.2 Å². The molecule has 0 atom stereocenters. The molecule has 0 N–H and O–H groups in total. The van der Waals surface area contributed by atoms with Crippen molar-refractivity contribution in [3.05, 3.63) is 34.4 Å². The summed E-state index contributed by atoms with van der Waals surface area (Å²) in [7, 11) is -4.26. The van der Waals surface area contributed by atoms with Gasteiger partial charge in [-0.2, -0.15) is 8.42 Å². The van der Waals surface area contributed by atoms with Crippen LogP contribution in [0.2, 0.25) is 0 Å². The molecule has 0 amide bonds. The van der Waals surface area contributed by atoms with E-state index in [0.29, 0.717) is 0 Å². The number of hydrogen-bond acceptors (Lipinski definition) is 7. The summed E-state index contributed by atoms with van der Waals surface area (Å²) >= 11 is 0. The van der Waals surface area contributed by atoms with Crippen molar-refractivity contribution < 1.29 is 27.4 Å². The van der Waals surface area contributed by atoms with E-state index in [1.807, 2.05) is 0 Å². The normalized spacial score (nSPS) is 10.9. The molecule has 1 rings (SSSR count). The third-order valence-electron chi connectivity index (χ3n) is 1.58. The van der Waals surface area contributed by atoms with Gasteiger partial charge >= 0.3 is 16.1 Å². The Labute approximate surface area is 96.0 Å². The van der Waals surface area contributed by atoms with Crippen molar-refractivity contribution in [2.45, 2.75) is 11.8 Å². The third-order valence-corrected chi connectivity index (χ3v) is 2.67. The van der Waals surface area contributed by atoms with Gasteiger partial charge in [0.2, 0.25) is 0 Å². The third kappa shape index (κ3) is 3.50. The number of hydrogen-bond donors (Lipinski definition) is 0. The molecule has 9 heteroatoms. The zero-order valence-electron chi connectivity index (χ0n) is 8.52. The van der Waals surface area contributed by atoms with Crippen LogP contribution in [-0.2, 0) is 24.1 Å². The van der Waals surface area contributed by atoms with Gasteiger partial charge < -0.3 is 0 Å². The molecule has 1 aromatic rings. The Morgan fingerprint density at radius 3 is 2.24 bits per heavy atom.